The Morgan fingerprint density at radius 1 is 0.844 bits per heavy atom. The van der Waals surface area contributed by atoms with E-state index in [1.54, 1.807) is 7.11 Å². The number of nitrogen functional groups attached to an aromatic ring is 1. The fourth-order valence-electron chi connectivity index (χ4n) is 3.69. The molecule has 5 nitrogen and oxygen atoms in total. The molecule has 158 valence electrons. The summed E-state index contributed by atoms with van der Waals surface area (Å²) in [4.78, 5) is 4.42. The van der Waals surface area contributed by atoms with E-state index >= 15 is 0 Å². The number of nitrogens with two attached hydrogens (primary N) is 1. The summed E-state index contributed by atoms with van der Waals surface area (Å²) in [6.07, 6.45) is 0. The second-order valence-electron chi connectivity index (χ2n) is 7.35. The predicted molar refractivity (Wildman–Crippen MR) is 126 cm³/mol. The van der Waals surface area contributed by atoms with Gasteiger partial charge in [0.05, 0.1) is 7.11 Å². The fraction of sp³-hybridized carbons (Fsp3) is 0.111. The molecule has 0 aliphatic rings. The molecule has 0 bridgehead atoms. The Bertz CT molecular complexity index is 1260. The minimum atomic E-state index is 0.236. The van der Waals surface area contributed by atoms with E-state index in [0.29, 0.717) is 12.2 Å². The van der Waals surface area contributed by atoms with Crippen LogP contribution in [0.15, 0.2) is 78.9 Å². The van der Waals surface area contributed by atoms with Gasteiger partial charge < -0.3 is 15.2 Å². The normalized spacial score (nSPS) is 10.4. The zero-order valence-electron chi connectivity index (χ0n) is 18.0. The van der Waals surface area contributed by atoms with Crippen LogP contribution in [-0.4, -0.2) is 12.1 Å². The molecule has 0 aliphatic heterocycles. The molecule has 5 heteroatoms. The lowest BCUT2D eigenvalue weighted by Gasteiger charge is -2.16. The lowest BCUT2D eigenvalue weighted by Crippen LogP contribution is -2.03. The van der Waals surface area contributed by atoms with Gasteiger partial charge in [-0.25, -0.2) is 4.98 Å². The van der Waals surface area contributed by atoms with Gasteiger partial charge >= 0.3 is 0 Å². The van der Waals surface area contributed by atoms with Crippen LogP contribution in [0.1, 0.15) is 16.8 Å². The number of benzene rings is 3. The Morgan fingerprint density at radius 2 is 1.47 bits per heavy atom. The van der Waals surface area contributed by atoms with Crippen molar-refractivity contribution in [2.45, 2.75) is 13.5 Å². The third-order valence-corrected chi connectivity index (χ3v) is 5.29. The summed E-state index contributed by atoms with van der Waals surface area (Å²) in [5.41, 5.74) is 11.9. The summed E-state index contributed by atoms with van der Waals surface area (Å²) in [5.74, 6) is 1.79. The van der Waals surface area contributed by atoms with Crippen LogP contribution in [0, 0.1) is 18.3 Å². The first-order valence-corrected chi connectivity index (χ1v) is 10.2. The van der Waals surface area contributed by atoms with Crippen LogP contribution >= 0.6 is 0 Å². The van der Waals surface area contributed by atoms with Gasteiger partial charge in [0.25, 0.3) is 0 Å². The number of pyridine rings is 1. The quantitative estimate of drug-likeness (QED) is 0.428. The Hall–Kier alpha value is -4.30. The van der Waals surface area contributed by atoms with Gasteiger partial charge in [-0.05, 0) is 47.9 Å². The highest BCUT2D eigenvalue weighted by atomic mass is 16.5. The smallest absolute Gasteiger partial charge is 0.142 e. The first-order chi connectivity index (χ1) is 15.6. The lowest BCUT2D eigenvalue weighted by atomic mass is 9.90. The molecule has 0 spiro atoms. The molecule has 0 unspecified atom stereocenters. The van der Waals surface area contributed by atoms with Crippen LogP contribution in [0.4, 0.5) is 5.82 Å². The van der Waals surface area contributed by atoms with Crippen LogP contribution in [0.5, 0.6) is 11.5 Å². The average Bonchev–Trinajstić information content (AvgIpc) is 2.83. The molecule has 2 N–H and O–H groups in total. The molecule has 32 heavy (non-hydrogen) atoms. The molecule has 0 saturated heterocycles. The summed E-state index contributed by atoms with van der Waals surface area (Å²) < 4.78 is 11.1. The maximum absolute atomic E-state index is 9.82. The van der Waals surface area contributed by atoms with Gasteiger partial charge in [0.2, 0.25) is 0 Å². The van der Waals surface area contributed by atoms with E-state index in [1.165, 1.54) is 0 Å². The highest BCUT2D eigenvalue weighted by molar-refractivity contribution is 5.91. The van der Waals surface area contributed by atoms with E-state index in [9.17, 15) is 5.26 Å². The summed E-state index contributed by atoms with van der Waals surface area (Å²) in [6, 6.07) is 27.6. The second kappa shape index (κ2) is 9.23. The molecule has 1 aromatic heterocycles. The monoisotopic (exact) mass is 421 g/mol. The largest absolute Gasteiger partial charge is 0.497 e. The summed E-state index contributed by atoms with van der Waals surface area (Å²) in [6.45, 7) is 2.36. The van der Waals surface area contributed by atoms with E-state index < -0.39 is 0 Å². The van der Waals surface area contributed by atoms with Gasteiger partial charge in [0.1, 0.15) is 35.6 Å². The van der Waals surface area contributed by atoms with Crippen molar-refractivity contribution in [3.05, 3.63) is 95.7 Å². The summed E-state index contributed by atoms with van der Waals surface area (Å²) >= 11 is 0. The Morgan fingerprint density at radius 3 is 2.09 bits per heavy atom. The standard InChI is InChI=1S/C27H23N3O2/c1-18-25(20-6-4-3-5-7-20)26(24(16-28)27(29)30-18)21-10-14-23(15-11-21)32-17-19-8-12-22(31-2)13-9-19/h3-15H,17H2,1-2H3,(H2,29,30). The molecule has 3 aromatic carbocycles. The molecule has 0 fully saturated rings. The molecule has 4 aromatic rings. The number of ether oxygens (including phenoxy) is 2. The van der Waals surface area contributed by atoms with Gasteiger partial charge in [0, 0.05) is 16.8 Å². The first-order valence-electron chi connectivity index (χ1n) is 10.2. The first kappa shape index (κ1) is 21.0. The molecule has 0 radical (unpaired) electrons. The average molecular weight is 422 g/mol. The number of aromatic nitrogens is 1. The van der Waals surface area contributed by atoms with Crippen molar-refractivity contribution in [1.29, 1.82) is 5.26 Å². The van der Waals surface area contributed by atoms with Gasteiger partial charge in [-0.1, -0.05) is 54.6 Å². The fourth-order valence-corrected chi connectivity index (χ4v) is 3.69. The van der Waals surface area contributed by atoms with Gasteiger partial charge in [-0.2, -0.15) is 5.26 Å². The Labute approximate surface area is 187 Å². The minimum Gasteiger partial charge on any atom is -0.497 e. The molecule has 0 saturated carbocycles. The predicted octanol–water partition coefficient (Wildman–Crippen LogP) is 5.77. The summed E-state index contributed by atoms with van der Waals surface area (Å²) in [7, 11) is 1.64. The molecule has 0 amide bonds. The van der Waals surface area contributed by atoms with Crippen LogP contribution in [0.3, 0.4) is 0 Å². The van der Waals surface area contributed by atoms with Crippen LogP contribution in [0.2, 0.25) is 0 Å². The maximum Gasteiger partial charge on any atom is 0.142 e. The maximum atomic E-state index is 9.82. The van der Waals surface area contributed by atoms with Gasteiger partial charge in [-0.15, -0.1) is 0 Å². The van der Waals surface area contributed by atoms with E-state index in [-0.39, 0.29) is 5.82 Å². The van der Waals surface area contributed by atoms with Crippen molar-refractivity contribution < 1.29 is 9.47 Å². The van der Waals surface area contributed by atoms with E-state index in [2.05, 4.69) is 11.1 Å². The number of nitrogens with zero attached hydrogens (tertiary/aromatic N) is 2. The second-order valence-corrected chi connectivity index (χ2v) is 7.35. The van der Waals surface area contributed by atoms with E-state index in [4.69, 9.17) is 15.2 Å². The van der Waals surface area contributed by atoms with Crippen LogP contribution in [-0.2, 0) is 6.61 Å². The molecule has 1 heterocycles. The number of hydrogen-bond acceptors (Lipinski definition) is 5. The van der Waals surface area contributed by atoms with Crippen LogP contribution < -0.4 is 15.2 Å². The van der Waals surface area contributed by atoms with Crippen molar-refractivity contribution in [3.63, 3.8) is 0 Å². The number of hydrogen-bond donors (Lipinski definition) is 1. The third-order valence-electron chi connectivity index (χ3n) is 5.29. The number of anilines is 1. The molecule has 0 aliphatic carbocycles. The topological polar surface area (TPSA) is 81.2 Å². The van der Waals surface area contributed by atoms with Gasteiger partial charge in [-0.3, -0.25) is 0 Å². The number of methoxy groups -OCH3 is 1. The highest BCUT2D eigenvalue weighted by Crippen LogP contribution is 2.39. The number of rotatable bonds is 6. The Kier molecular flexibility index (Phi) is 6.05. The van der Waals surface area contributed by atoms with Crippen molar-refractivity contribution in [3.8, 4) is 39.8 Å². The molecular formula is C27H23N3O2. The van der Waals surface area contributed by atoms with E-state index in [0.717, 1.165) is 45.0 Å². The third kappa shape index (κ3) is 4.26. The number of aryl methyl sites for hydroxylation is 1. The van der Waals surface area contributed by atoms with Crippen molar-refractivity contribution in [2.75, 3.05) is 12.8 Å². The van der Waals surface area contributed by atoms with Crippen LogP contribution in [0.25, 0.3) is 22.3 Å². The molecule has 0 atom stereocenters. The molecular weight excluding hydrogens is 398 g/mol. The highest BCUT2D eigenvalue weighted by Gasteiger charge is 2.19. The zero-order valence-corrected chi connectivity index (χ0v) is 18.0. The molecule has 4 rings (SSSR count). The summed E-state index contributed by atoms with van der Waals surface area (Å²) in [5, 5.41) is 9.82. The SMILES string of the molecule is COc1ccc(COc2ccc(-c3c(C#N)c(N)nc(C)c3-c3ccccc3)cc2)cc1. The van der Waals surface area contributed by atoms with Crippen molar-refractivity contribution in [1.82, 2.24) is 4.98 Å². The minimum absolute atomic E-state index is 0.236. The van der Waals surface area contributed by atoms with Crippen molar-refractivity contribution in [2.24, 2.45) is 0 Å². The zero-order chi connectivity index (χ0) is 22.5. The lowest BCUT2D eigenvalue weighted by molar-refractivity contribution is 0.306. The number of nitriles is 1. The van der Waals surface area contributed by atoms with E-state index in [1.807, 2.05) is 85.8 Å². The van der Waals surface area contributed by atoms with Gasteiger partial charge in [0.15, 0.2) is 0 Å². The van der Waals surface area contributed by atoms with Crippen molar-refractivity contribution >= 4 is 5.82 Å². The Balaban J connectivity index is 1.67.